The highest BCUT2D eigenvalue weighted by atomic mass is 35.5. The van der Waals surface area contributed by atoms with E-state index in [-0.39, 0.29) is 5.88 Å². The Morgan fingerprint density at radius 2 is 1.81 bits per heavy atom. The van der Waals surface area contributed by atoms with Gasteiger partial charge in [0.25, 0.3) is 0 Å². The van der Waals surface area contributed by atoms with Crippen LogP contribution < -0.4 is 10.1 Å². The van der Waals surface area contributed by atoms with E-state index in [1.807, 2.05) is 54.6 Å². The van der Waals surface area contributed by atoms with Crippen molar-refractivity contribution in [3.63, 3.8) is 0 Å². The minimum absolute atomic E-state index is 0.186. The summed E-state index contributed by atoms with van der Waals surface area (Å²) in [6, 6.07) is 17.3. The van der Waals surface area contributed by atoms with Gasteiger partial charge in [-0.2, -0.15) is 0 Å². The summed E-state index contributed by atoms with van der Waals surface area (Å²) in [5.41, 5.74) is 0.785. The van der Waals surface area contributed by atoms with E-state index in [4.69, 9.17) is 20.8 Å². The first kappa shape index (κ1) is 13.5. The summed E-state index contributed by atoms with van der Waals surface area (Å²) in [5.74, 6) is 2.04. The van der Waals surface area contributed by atoms with Crippen LogP contribution >= 0.6 is 11.6 Å². The summed E-state index contributed by atoms with van der Waals surface area (Å²) in [5, 5.41) is 10.6. The van der Waals surface area contributed by atoms with E-state index in [1.165, 1.54) is 0 Å². The van der Waals surface area contributed by atoms with Gasteiger partial charge in [-0.25, -0.2) is 0 Å². The van der Waals surface area contributed by atoms with Crippen molar-refractivity contribution < 1.29 is 9.15 Å². The number of rotatable bonds is 5. The molecular formula is C15H12ClN3O2. The summed E-state index contributed by atoms with van der Waals surface area (Å²) < 4.78 is 11.0. The third kappa shape index (κ3) is 3.52. The maximum absolute atomic E-state index is 5.76. The first-order valence-electron chi connectivity index (χ1n) is 6.32. The molecule has 6 heteroatoms. The Balaban J connectivity index is 1.73. The highest BCUT2D eigenvalue weighted by molar-refractivity contribution is 6.16. The van der Waals surface area contributed by atoms with Gasteiger partial charge in [0.05, 0.1) is 0 Å². The van der Waals surface area contributed by atoms with Gasteiger partial charge in [0.15, 0.2) is 0 Å². The fraction of sp³-hybridized carbons (Fsp3) is 0.0667. The van der Waals surface area contributed by atoms with E-state index in [9.17, 15) is 0 Å². The molecule has 106 valence electrons. The molecule has 3 rings (SSSR count). The minimum atomic E-state index is 0.186. The number of hydrogen-bond acceptors (Lipinski definition) is 5. The number of aromatic nitrogens is 2. The number of para-hydroxylation sites is 1. The van der Waals surface area contributed by atoms with Crippen LogP contribution in [0.5, 0.6) is 11.5 Å². The van der Waals surface area contributed by atoms with Crippen molar-refractivity contribution in [3.8, 4) is 11.5 Å². The summed E-state index contributed by atoms with van der Waals surface area (Å²) in [6.45, 7) is 0. The molecule has 2 aromatic carbocycles. The highest BCUT2D eigenvalue weighted by Gasteiger charge is 2.05. The van der Waals surface area contributed by atoms with Crippen LogP contribution in [0.4, 0.5) is 11.7 Å². The lowest BCUT2D eigenvalue weighted by molar-refractivity contribution is 0.483. The number of benzene rings is 2. The number of nitrogens with zero attached hydrogens (tertiary/aromatic N) is 2. The zero-order valence-electron chi connectivity index (χ0n) is 11.0. The third-order valence-electron chi connectivity index (χ3n) is 2.65. The average Bonchev–Trinajstić information content (AvgIpc) is 2.96. The topological polar surface area (TPSA) is 60.2 Å². The molecular weight excluding hydrogens is 290 g/mol. The van der Waals surface area contributed by atoms with Crippen LogP contribution in [0.25, 0.3) is 0 Å². The number of alkyl halides is 1. The molecule has 1 heterocycles. The number of ether oxygens (including phenoxy) is 1. The fourth-order valence-corrected chi connectivity index (χ4v) is 1.85. The molecule has 0 saturated heterocycles. The van der Waals surface area contributed by atoms with Gasteiger partial charge in [0.2, 0.25) is 5.89 Å². The van der Waals surface area contributed by atoms with Gasteiger partial charge in [-0.15, -0.1) is 16.7 Å². The van der Waals surface area contributed by atoms with Crippen molar-refractivity contribution in [3.05, 3.63) is 60.5 Å². The van der Waals surface area contributed by atoms with Crippen molar-refractivity contribution in [2.45, 2.75) is 5.88 Å². The molecule has 0 amide bonds. The van der Waals surface area contributed by atoms with Crippen molar-refractivity contribution in [2.24, 2.45) is 0 Å². The lowest BCUT2D eigenvalue weighted by Gasteiger charge is -2.07. The zero-order chi connectivity index (χ0) is 14.5. The SMILES string of the molecule is ClCc1nnc(Nc2cccc(Oc3ccccc3)c2)o1. The number of anilines is 2. The van der Waals surface area contributed by atoms with Crippen LogP contribution in [0.15, 0.2) is 59.0 Å². The second-order valence-electron chi connectivity index (χ2n) is 4.20. The Hall–Kier alpha value is -2.53. The Morgan fingerprint density at radius 1 is 1.00 bits per heavy atom. The van der Waals surface area contributed by atoms with Crippen LogP contribution in [-0.4, -0.2) is 10.2 Å². The quantitative estimate of drug-likeness (QED) is 0.710. The Kier molecular flexibility index (Phi) is 4.02. The van der Waals surface area contributed by atoms with Crippen molar-refractivity contribution in [2.75, 3.05) is 5.32 Å². The second kappa shape index (κ2) is 6.28. The highest BCUT2D eigenvalue weighted by Crippen LogP contribution is 2.25. The molecule has 0 aliphatic heterocycles. The van der Waals surface area contributed by atoms with E-state index in [0.29, 0.717) is 17.7 Å². The molecule has 0 unspecified atom stereocenters. The number of hydrogen-bond donors (Lipinski definition) is 1. The zero-order valence-corrected chi connectivity index (χ0v) is 11.7. The molecule has 0 atom stereocenters. The molecule has 1 N–H and O–H groups in total. The number of nitrogens with one attached hydrogen (secondary N) is 1. The van der Waals surface area contributed by atoms with Crippen molar-refractivity contribution in [1.82, 2.24) is 10.2 Å². The summed E-state index contributed by atoms with van der Waals surface area (Å²) in [7, 11) is 0. The molecule has 0 aliphatic carbocycles. The van der Waals surface area contributed by atoms with Gasteiger partial charge in [0.1, 0.15) is 17.4 Å². The normalized spacial score (nSPS) is 10.3. The molecule has 0 fully saturated rings. The van der Waals surface area contributed by atoms with E-state index in [2.05, 4.69) is 15.5 Å². The van der Waals surface area contributed by atoms with E-state index < -0.39 is 0 Å². The largest absolute Gasteiger partial charge is 0.457 e. The Labute approximate surface area is 126 Å². The van der Waals surface area contributed by atoms with Gasteiger partial charge in [-0.3, -0.25) is 0 Å². The molecule has 0 saturated carbocycles. The summed E-state index contributed by atoms with van der Waals surface area (Å²) in [4.78, 5) is 0. The average molecular weight is 302 g/mol. The molecule has 1 aromatic heterocycles. The smallest absolute Gasteiger partial charge is 0.320 e. The summed E-state index contributed by atoms with van der Waals surface area (Å²) in [6.07, 6.45) is 0. The van der Waals surface area contributed by atoms with E-state index >= 15 is 0 Å². The predicted octanol–water partition coefficient (Wildman–Crippen LogP) is 4.34. The van der Waals surface area contributed by atoms with Crippen LogP contribution in [0, 0.1) is 0 Å². The fourth-order valence-electron chi connectivity index (χ4n) is 1.74. The molecule has 3 aromatic rings. The number of halogens is 1. The summed E-state index contributed by atoms with van der Waals surface area (Å²) >= 11 is 5.61. The maximum Gasteiger partial charge on any atom is 0.320 e. The third-order valence-corrected chi connectivity index (χ3v) is 2.87. The Bertz CT molecular complexity index is 716. The van der Waals surface area contributed by atoms with Crippen LogP contribution in [0.3, 0.4) is 0 Å². The standard InChI is InChI=1S/C15H12ClN3O2/c16-10-14-18-19-15(21-14)17-11-5-4-8-13(9-11)20-12-6-2-1-3-7-12/h1-9H,10H2,(H,17,19). The van der Waals surface area contributed by atoms with Gasteiger partial charge >= 0.3 is 6.01 Å². The van der Waals surface area contributed by atoms with Crippen LogP contribution in [-0.2, 0) is 5.88 Å². The Morgan fingerprint density at radius 3 is 2.57 bits per heavy atom. The van der Waals surface area contributed by atoms with Crippen LogP contribution in [0.2, 0.25) is 0 Å². The monoisotopic (exact) mass is 301 g/mol. The molecule has 0 radical (unpaired) electrons. The van der Waals surface area contributed by atoms with Crippen LogP contribution in [0.1, 0.15) is 5.89 Å². The van der Waals surface area contributed by atoms with Crippen molar-refractivity contribution in [1.29, 1.82) is 0 Å². The first-order chi connectivity index (χ1) is 10.3. The molecule has 0 aliphatic rings. The van der Waals surface area contributed by atoms with Gasteiger partial charge in [0, 0.05) is 11.8 Å². The van der Waals surface area contributed by atoms with Gasteiger partial charge in [-0.05, 0) is 24.3 Å². The van der Waals surface area contributed by atoms with E-state index in [0.717, 1.165) is 11.4 Å². The van der Waals surface area contributed by atoms with Gasteiger partial charge < -0.3 is 14.5 Å². The lowest BCUT2D eigenvalue weighted by Crippen LogP contribution is -1.91. The predicted molar refractivity (Wildman–Crippen MR) is 80.1 cm³/mol. The molecule has 5 nitrogen and oxygen atoms in total. The van der Waals surface area contributed by atoms with Crippen molar-refractivity contribution >= 4 is 23.3 Å². The molecule has 0 spiro atoms. The lowest BCUT2D eigenvalue weighted by atomic mass is 10.3. The molecule has 0 bridgehead atoms. The van der Waals surface area contributed by atoms with E-state index in [1.54, 1.807) is 0 Å². The van der Waals surface area contributed by atoms with Gasteiger partial charge in [-0.1, -0.05) is 29.4 Å². The second-order valence-corrected chi connectivity index (χ2v) is 4.47. The minimum Gasteiger partial charge on any atom is -0.457 e. The molecule has 21 heavy (non-hydrogen) atoms. The first-order valence-corrected chi connectivity index (χ1v) is 6.85. The maximum atomic E-state index is 5.76.